The number of ether oxygens (including phenoxy) is 1. The second-order valence-electron chi connectivity index (χ2n) is 5.82. The maximum absolute atomic E-state index is 12.4. The summed E-state index contributed by atoms with van der Waals surface area (Å²) in [7, 11) is 0. The molecule has 0 radical (unpaired) electrons. The highest BCUT2D eigenvalue weighted by molar-refractivity contribution is 7.10. The lowest BCUT2D eigenvalue weighted by Crippen LogP contribution is -2.27. The van der Waals surface area contributed by atoms with Crippen molar-refractivity contribution < 1.29 is 22.7 Å². The fraction of sp³-hybridized carbons (Fsp3) is 0.375. The van der Waals surface area contributed by atoms with Crippen LogP contribution in [0, 0.1) is 6.92 Å². The molecule has 3 heterocycles. The van der Waals surface area contributed by atoms with Crippen LogP contribution in [0.25, 0.3) is 0 Å². The highest BCUT2D eigenvalue weighted by atomic mass is 32.1. The van der Waals surface area contributed by atoms with Crippen LogP contribution in [0.15, 0.2) is 29.6 Å². The molecule has 3 nitrogen and oxygen atoms in total. The smallest absolute Gasteiger partial charge is 0.406 e. The van der Waals surface area contributed by atoms with Crippen molar-refractivity contribution in [2.75, 3.05) is 5.06 Å². The Morgan fingerprint density at radius 3 is 2.83 bits per heavy atom. The number of rotatable bonds is 2. The van der Waals surface area contributed by atoms with Crippen molar-refractivity contribution in [2.45, 2.75) is 38.3 Å². The van der Waals surface area contributed by atoms with Gasteiger partial charge < -0.3 is 4.74 Å². The molecule has 1 fully saturated rings. The van der Waals surface area contributed by atoms with E-state index in [0.717, 1.165) is 17.7 Å². The van der Waals surface area contributed by atoms with E-state index in [1.807, 2.05) is 5.06 Å². The van der Waals surface area contributed by atoms with E-state index in [2.05, 4.69) is 23.1 Å². The number of aryl methyl sites for hydroxylation is 1. The highest BCUT2D eigenvalue weighted by Crippen LogP contribution is 2.47. The quantitative estimate of drug-likeness (QED) is 0.786. The molecule has 1 aromatic carbocycles. The van der Waals surface area contributed by atoms with Gasteiger partial charge in [0.2, 0.25) is 0 Å². The van der Waals surface area contributed by atoms with Gasteiger partial charge in [-0.15, -0.1) is 24.5 Å². The molecule has 4 rings (SSSR count). The van der Waals surface area contributed by atoms with Gasteiger partial charge in [-0.05, 0) is 47.7 Å². The molecule has 1 aromatic heterocycles. The van der Waals surface area contributed by atoms with Crippen LogP contribution in [0.2, 0.25) is 0 Å². The topological polar surface area (TPSA) is 21.7 Å². The third-order valence-corrected chi connectivity index (χ3v) is 5.33. The molecular weight excluding hydrogens is 327 g/mol. The second-order valence-corrected chi connectivity index (χ2v) is 6.76. The van der Waals surface area contributed by atoms with Crippen LogP contribution < -0.4 is 9.80 Å². The first kappa shape index (κ1) is 14.8. The first-order valence-electron chi connectivity index (χ1n) is 7.29. The molecular formula is C16H14F3NO2S. The average molecular weight is 341 g/mol. The summed E-state index contributed by atoms with van der Waals surface area (Å²) < 4.78 is 41.1. The lowest BCUT2D eigenvalue weighted by atomic mass is 10.0. The number of hydrogen-bond acceptors (Lipinski definition) is 4. The van der Waals surface area contributed by atoms with Crippen molar-refractivity contribution in [2.24, 2.45) is 0 Å². The number of hydroxylamine groups is 1. The third kappa shape index (κ3) is 2.68. The Morgan fingerprint density at radius 2 is 2.13 bits per heavy atom. The van der Waals surface area contributed by atoms with Gasteiger partial charge in [-0.2, -0.15) is 0 Å². The summed E-state index contributed by atoms with van der Waals surface area (Å²) in [6, 6.07) is 6.65. The summed E-state index contributed by atoms with van der Waals surface area (Å²) in [4.78, 5) is 7.18. The van der Waals surface area contributed by atoms with E-state index in [0.29, 0.717) is 6.42 Å². The number of anilines is 1. The molecule has 2 bridgehead atoms. The van der Waals surface area contributed by atoms with Crippen molar-refractivity contribution >= 4 is 17.0 Å². The largest absolute Gasteiger partial charge is 0.573 e. The van der Waals surface area contributed by atoms with Crippen molar-refractivity contribution in [1.82, 2.24) is 0 Å². The minimum atomic E-state index is -4.67. The van der Waals surface area contributed by atoms with Gasteiger partial charge in [0.05, 0.1) is 17.8 Å². The molecule has 0 saturated carbocycles. The zero-order chi connectivity index (χ0) is 16.2. The third-order valence-electron chi connectivity index (χ3n) is 4.21. The molecule has 2 aromatic rings. The first-order valence-corrected chi connectivity index (χ1v) is 8.17. The number of halogens is 3. The lowest BCUT2D eigenvalue weighted by molar-refractivity contribution is -0.274. The number of fused-ring (bicyclic) bond motifs is 4. The van der Waals surface area contributed by atoms with Gasteiger partial charge in [0.15, 0.2) is 0 Å². The van der Waals surface area contributed by atoms with Crippen LogP contribution >= 0.6 is 11.3 Å². The Bertz CT molecular complexity index is 743. The molecule has 23 heavy (non-hydrogen) atoms. The van der Waals surface area contributed by atoms with E-state index < -0.39 is 6.36 Å². The molecule has 0 aliphatic carbocycles. The molecule has 1 saturated heterocycles. The predicted octanol–water partition coefficient (Wildman–Crippen LogP) is 4.76. The van der Waals surface area contributed by atoms with Crippen molar-refractivity contribution in [3.63, 3.8) is 0 Å². The second kappa shape index (κ2) is 5.14. The molecule has 2 aliphatic rings. The van der Waals surface area contributed by atoms with Gasteiger partial charge in [0, 0.05) is 17.7 Å². The monoisotopic (exact) mass is 341 g/mol. The number of alkyl halides is 3. The number of benzene rings is 1. The summed E-state index contributed by atoms with van der Waals surface area (Å²) in [5, 5.41) is 3.90. The zero-order valence-corrected chi connectivity index (χ0v) is 13.1. The van der Waals surface area contributed by atoms with Crippen molar-refractivity contribution in [3.8, 4) is 5.75 Å². The summed E-state index contributed by atoms with van der Waals surface area (Å²) in [5.74, 6) is -0.178. The van der Waals surface area contributed by atoms with Crippen LogP contribution in [0.4, 0.5) is 18.9 Å². The molecule has 7 heteroatoms. The summed E-state index contributed by atoms with van der Waals surface area (Å²) in [6.45, 7) is 2.07. The van der Waals surface area contributed by atoms with Gasteiger partial charge >= 0.3 is 6.36 Å². The molecule has 122 valence electrons. The van der Waals surface area contributed by atoms with Crippen LogP contribution in [0.1, 0.15) is 28.5 Å². The molecule has 2 aliphatic heterocycles. The maximum atomic E-state index is 12.4. The Labute approximate surface area is 135 Å². The van der Waals surface area contributed by atoms with Crippen molar-refractivity contribution in [1.29, 1.82) is 0 Å². The molecule has 0 N–H and O–H groups in total. The van der Waals surface area contributed by atoms with E-state index in [1.165, 1.54) is 22.6 Å². The van der Waals surface area contributed by atoms with E-state index in [9.17, 15) is 13.2 Å². The first-order chi connectivity index (χ1) is 10.9. The molecule has 0 unspecified atom stereocenters. The van der Waals surface area contributed by atoms with Gasteiger partial charge in [0.1, 0.15) is 5.75 Å². The van der Waals surface area contributed by atoms with Gasteiger partial charge in [0.25, 0.3) is 0 Å². The summed E-state index contributed by atoms with van der Waals surface area (Å²) in [5.41, 5.74) is 2.88. The van der Waals surface area contributed by atoms with E-state index in [1.54, 1.807) is 17.4 Å². The molecule has 0 spiro atoms. The fourth-order valence-electron chi connectivity index (χ4n) is 3.29. The Hall–Kier alpha value is -1.73. The summed E-state index contributed by atoms with van der Waals surface area (Å²) >= 11 is 1.69. The number of hydrogen-bond donors (Lipinski definition) is 0. The average Bonchev–Trinajstić information content (AvgIpc) is 3.01. The lowest BCUT2D eigenvalue weighted by Gasteiger charge is -2.30. The minimum Gasteiger partial charge on any atom is -0.406 e. The van der Waals surface area contributed by atoms with E-state index >= 15 is 0 Å². The minimum absolute atomic E-state index is 0.00450. The SMILES string of the molecule is Cc1ccsc1[C@H]1C[C@@H]2Cc3cc(OC(F)(F)F)ccc3N1O2. The van der Waals surface area contributed by atoms with E-state index in [-0.39, 0.29) is 17.9 Å². The Kier molecular flexibility index (Phi) is 3.32. The van der Waals surface area contributed by atoms with Gasteiger partial charge in [-0.3, -0.25) is 4.84 Å². The highest BCUT2D eigenvalue weighted by Gasteiger charge is 2.41. The van der Waals surface area contributed by atoms with Gasteiger partial charge in [-0.1, -0.05) is 0 Å². The summed E-state index contributed by atoms with van der Waals surface area (Å²) in [6.07, 6.45) is -3.24. The van der Waals surface area contributed by atoms with Crippen LogP contribution in [0.5, 0.6) is 5.75 Å². The van der Waals surface area contributed by atoms with Crippen LogP contribution in [-0.4, -0.2) is 12.5 Å². The molecule has 0 amide bonds. The fourth-order valence-corrected chi connectivity index (χ4v) is 4.31. The normalized spacial score (nSPS) is 23.0. The number of nitrogens with zero attached hydrogens (tertiary/aromatic N) is 1. The standard InChI is InChI=1S/C16H14F3NO2S/c1-9-4-5-23-15(9)14-8-12-7-10-6-11(21-16(17,18)19)2-3-13(10)20(14)22-12/h2-6,12,14H,7-8H2,1H3/t12-,14+/m0/s1. The van der Waals surface area contributed by atoms with Crippen LogP contribution in [-0.2, 0) is 11.3 Å². The van der Waals surface area contributed by atoms with Crippen molar-refractivity contribution in [3.05, 3.63) is 45.6 Å². The Balaban J connectivity index is 1.67. The predicted molar refractivity (Wildman–Crippen MR) is 80.6 cm³/mol. The molecule has 2 atom stereocenters. The van der Waals surface area contributed by atoms with E-state index in [4.69, 9.17) is 4.84 Å². The zero-order valence-electron chi connectivity index (χ0n) is 12.3. The van der Waals surface area contributed by atoms with Gasteiger partial charge in [-0.25, -0.2) is 5.06 Å². The number of thiophene rings is 1. The van der Waals surface area contributed by atoms with Crippen LogP contribution in [0.3, 0.4) is 0 Å². The maximum Gasteiger partial charge on any atom is 0.573 e. The Morgan fingerprint density at radius 1 is 1.30 bits per heavy atom.